The van der Waals surface area contributed by atoms with Crippen molar-refractivity contribution in [1.29, 1.82) is 0 Å². The molecule has 4 aromatic rings. The van der Waals surface area contributed by atoms with Crippen LogP contribution in [0.15, 0.2) is 91.3 Å². The summed E-state index contributed by atoms with van der Waals surface area (Å²) in [7, 11) is 1.79. The van der Waals surface area contributed by atoms with Crippen molar-refractivity contribution in [3.05, 3.63) is 96.8 Å². The zero-order valence-corrected chi connectivity index (χ0v) is 22.1. The number of urea groups is 1. The van der Waals surface area contributed by atoms with Gasteiger partial charge in [-0.1, -0.05) is 69.0 Å². The van der Waals surface area contributed by atoms with Crippen LogP contribution < -0.4 is 15.5 Å². The van der Waals surface area contributed by atoms with Crippen molar-refractivity contribution < 1.29 is 9.59 Å². The second-order valence-electron chi connectivity index (χ2n) is 9.26. The summed E-state index contributed by atoms with van der Waals surface area (Å²) < 4.78 is 1.32. The second kappa shape index (κ2) is 13.2. The van der Waals surface area contributed by atoms with Gasteiger partial charge in [0.2, 0.25) is 0 Å². The average Bonchev–Trinajstić information content (AvgIpc) is 3.50. The molecule has 0 radical (unpaired) electrons. The van der Waals surface area contributed by atoms with Crippen LogP contribution >= 0.6 is 0 Å². The van der Waals surface area contributed by atoms with Gasteiger partial charge in [0.05, 0.1) is 11.3 Å². The number of aromatic nitrogens is 2. The van der Waals surface area contributed by atoms with Crippen molar-refractivity contribution in [2.24, 2.45) is 0 Å². The minimum absolute atomic E-state index is 0.0967. The molecule has 196 valence electrons. The molecular formula is C31H35N5O2. The smallest absolute Gasteiger partial charge is 0.321 e. The van der Waals surface area contributed by atoms with Gasteiger partial charge in [0.1, 0.15) is 0 Å². The van der Waals surface area contributed by atoms with Crippen LogP contribution in [0, 0.1) is 0 Å². The van der Waals surface area contributed by atoms with Gasteiger partial charge < -0.3 is 10.6 Å². The number of rotatable bonds is 11. The van der Waals surface area contributed by atoms with Gasteiger partial charge in [0.15, 0.2) is 0 Å². The average molecular weight is 510 g/mol. The molecule has 2 N–H and O–H groups in total. The van der Waals surface area contributed by atoms with E-state index in [2.05, 4.69) is 22.7 Å². The van der Waals surface area contributed by atoms with Crippen LogP contribution in [0.4, 0.5) is 21.9 Å². The van der Waals surface area contributed by atoms with Crippen molar-refractivity contribution in [2.45, 2.75) is 39.0 Å². The number of carbonyl (C=O) groups is 2. The number of carbonyl (C=O) groups excluding carboxylic acids is 2. The van der Waals surface area contributed by atoms with Gasteiger partial charge in [-0.3, -0.25) is 9.69 Å². The highest BCUT2D eigenvalue weighted by atomic mass is 16.2. The summed E-state index contributed by atoms with van der Waals surface area (Å²) in [4.78, 5) is 27.1. The van der Waals surface area contributed by atoms with Crippen LogP contribution in [0.5, 0.6) is 0 Å². The Hall–Kier alpha value is -4.39. The standard InChI is InChI=1S/C31H35N5O2/c1-3-4-5-6-9-20-32-31(38)35(2)27-13-10-12-25(23-27)24-16-18-26(19-17-24)34-29-15-8-7-14-28(29)30(37)36-22-11-21-33-36/h7-8,10-19,21-23,34H,3-6,9,20H2,1-2H3,(H,32,38). The minimum atomic E-state index is -0.198. The minimum Gasteiger partial charge on any atom is -0.355 e. The summed E-state index contributed by atoms with van der Waals surface area (Å²) in [6.45, 7) is 2.89. The summed E-state index contributed by atoms with van der Waals surface area (Å²) in [5.41, 5.74) is 4.99. The van der Waals surface area contributed by atoms with E-state index in [0.29, 0.717) is 17.8 Å². The highest BCUT2D eigenvalue weighted by Crippen LogP contribution is 2.27. The summed E-state index contributed by atoms with van der Waals surface area (Å²) in [6, 6.07) is 25.0. The number of nitrogens with zero attached hydrogens (tertiary/aromatic N) is 3. The molecule has 4 rings (SSSR count). The number of unbranched alkanes of at least 4 members (excludes halogenated alkanes) is 4. The number of benzene rings is 3. The van der Waals surface area contributed by atoms with Crippen molar-refractivity contribution in [2.75, 3.05) is 23.8 Å². The normalized spacial score (nSPS) is 10.7. The SMILES string of the molecule is CCCCCCCNC(=O)N(C)c1cccc(-c2ccc(Nc3ccccc3C(=O)n3cccn3)cc2)c1. The third kappa shape index (κ3) is 6.88. The monoisotopic (exact) mass is 509 g/mol. The van der Waals surface area contributed by atoms with Gasteiger partial charge in [-0.05, 0) is 60.0 Å². The maximum absolute atomic E-state index is 12.8. The third-order valence-corrected chi connectivity index (χ3v) is 6.46. The third-order valence-electron chi connectivity index (χ3n) is 6.46. The van der Waals surface area contributed by atoms with Crippen molar-refractivity contribution in [3.63, 3.8) is 0 Å². The van der Waals surface area contributed by atoms with E-state index in [4.69, 9.17) is 0 Å². The summed E-state index contributed by atoms with van der Waals surface area (Å²) in [5, 5.41) is 10.4. The van der Waals surface area contributed by atoms with Gasteiger partial charge in [0.25, 0.3) is 5.91 Å². The summed E-state index contributed by atoms with van der Waals surface area (Å²) in [5.74, 6) is -0.198. The Balaban J connectivity index is 1.40. The fraction of sp³-hybridized carbons (Fsp3) is 0.258. The maximum atomic E-state index is 12.8. The predicted octanol–water partition coefficient (Wildman–Crippen LogP) is 7.10. The van der Waals surface area contributed by atoms with E-state index in [0.717, 1.165) is 35.3 Å². The fourth-order valence-electron chi connectivity index (χ4n) is 4.25. The number of anilines is 3. The maximum Gasteiger partial charge on any atom is 0.321 e. The molecule has 2 amide bonds. The zero-order chi connectivity index (χ0) is 26.7. The number of hydrogen-bond donors (Lipinski definition) is 2. The van der Waals surface area contributed by atoms with Crippen LogP contribution in [-0.2, 0) is 0 Å². The van der Waals surface area contributed by atoms with Gasteiger partial charge in [-0.2, -0.15) is 5.10 Å². The Morgan fingerprint density at radius 1 is 0.868 bits per heavy atom. The quantitative estimate of drug-likeness (QED) is 0.211. The van der Waals surface area contributed by atoms with Gasteiger partial charge in [0, 0.05) is 37.4 Å². The first-order chi connectivity index (χ1) is 18.6. The lowest BCUT2D eigenvalue weighted by Gasteiger charge is -2.19. The van der Waals surface area contributed by atoms with Gasteiger partial charge >= 0.3 is 6.03 Å². The highest BCUT2D eigenvalue weighted by Gasteiger charge is 2.14. The highest BCUT2D eigenvalue weighted by molar-refractivity contribution is 6.01. The molecule has 0 saturated carbocycles. The van der Waals surface area contributed by atoms with E-state index in [1.165, 1.54) is 23.9 Å². The van der Waals surface area contributed by atoms with Crippen molar-refractivity contribution >= 4 is 29.0 Å². The van der Waals surface area contributed by atoms with Crippen LogP contribution in [0.3, 0.4) is 0 Å². The number of hydrogen-bond acceptors (Lipinski definition) is 4. The van der Waals surface area contributed by atoms with Crippen molar-refractivity contribution in [3.8, 4) is 11.1 Å². The first kappa shape index (κ1) is 26.7. The molecule has 7 nitrogen and oxygen atoms in total. The molecule has 0 saturated heterocycles. The first-order valence-corrected chi connectivity index (χ1v) is 13.2. The molecule has 0 spiro atoms. The van der Waals surface area contributed by atoms with E-state index < -0.39 is 0 Å². The number of amides is 2. The fourth-order valence-corrected chi connectivity index (χ4v) is 4.25. The Morgan fingerprint density at radius 3 is 2.42 bits per heavy atom. The molecule has 7 heteroatoms. The van der Waals surface area contributed by atoms with Gasteiger partial charge in [-0.15, -0.1) is 0 Å². The summed E-state index contributed by atoms with van der Waals surface area (Å²) >= 11 is 0. The molecule has 0 aliphatic carbocycles. The predicted molar refractivity (Wildman–Crippen MR) is 154 cm³/mol. The lowest BCUT2D eigenvalue weighted by molar-refractivity contribution is 0.0946. The molecule has 38 heavy (non-hydrogen) atoms. The Bertz CT molecular complexity index is 1330. The molecule has 0 fully saturated rings. The lowest BCUT2D eigenvalue weighted by Crippen LogP contribution is -2.37. The zero-order valence-electron chi connectivity index (χ0n) is 22.1. The molecule has 0 unspecified atom stereocenters. The van der Waals surface area contributed by atoms with Crippen LogP contribution in [0.2, 0.25) is 0 Å². The lowest BCUT2D eigenvalue weighted by atomic mass is 10.0. The Morgan fingerprint density at radius 2 is 1.66 bits per heavy atom. The molecule has 3 aromatic carbocycles. The van der Waals surface area contributed by atoms with Gasteiger partial charge in [-0.25, -0.2) is 9.48 Å². The molecule has 0 atom stereocenters. The van der Waals surface area contributed by atoms with Crippen LogP contribution in [0.25, 0.3) is 11.1 Å². The van der Waals surface area contributed by atoms with E-state index >= 15 is 0 Å². The molecule has 0 aliphatic heterocycles. The van der Waals surface area contributed by atoms with Crippen LogP contribution in [-0.4, -0.2) is 35.3 Å². The second-order valence-corrected chi connectivity index (χ2v) is 9.26. The Kier molecular flexibility index (Phi) is 9.29. The largest absolute Gasteiger partial charge is 0.355 e. The summed E-state index contributed by atoms with van der Waals surface area (Å²) in [6.07, 6.45) is 9.04. The topological polar surface area (TPSA) is 79.3 Å². The molecule has 1 aromatic heterocycles. The molecule has 0 aliphatic rings. The Labute approximate surface area is 224 Å². The van der Waals surface area contributed by atoms with E-state index in [-0.39, 0.29) is 11.9 Å². The number of nitrogens with one attached hydrogen (secondary N) is 2. The number of para-hydroxylation sites is 1. The van der Waals surface area contributed by atoms with E-state index in [9.17, 15) is 9.59 Å². The van der Waals surface area contributed by atoms with E-state index in [1.54, 1.807) is 36.5 Å². The van der Waals surface area contributed by atoms with E-state index in [1.807, 2.05) is 66.7 Å². The first-order valence-electron chi connectivity index (χ1n) is 13.2. The molecule has 1 heterocycles. The molecule has 0 bridgehead atoms. The van der Waals surface area contributed by atoms with Crippen molar-refractivity contribution in [1.82, 2.24) is 15.1 Å². The molecular weight excluding hydrogens is 474 g/mol. The van der Waals surface area contributed by atoms with Crippen LogP contribution in [0.1, 0.15) is 49.4 Å².